The number of nitrogens with zero attached hydrogens (tertiary/aromatic N) is 4. The minimum atomic E-state index is -2.66. The van der Waals surface area contributed by atoms with Gasteiger partial charge in [-0.3, -0.25) is 0 Å². The van der Waals surface area contributed by atoms with Crippen LogP contribution in [-0.4, -0.2) is 15.0 Å². The number of hydrogen-bond acceptors (Lipinski definition) is 3. The molecule has 0 spiro atoms. The number of hydrogen-bond donors (Lipinski definition) is 0. The number of alkyl halides is 2. The number of nitriles is 1. The predicted molar refractivity (Wildman–Crippen MR) is 51.0 cm³/mol. The quantitative estimate of drug-likeness (QED) is 0.778. The molecule has 0 bridgehead atoms. The fraction of sp³-hybridized carbons (Fsp3) is 0.100. The van der Waals surface area contributed by atoms with E-state index in [2.05, 4.69) is 10.3 Å². The van der Waals surface area contributed by atoms with Crippen molar-refractivity contribution < 1.29 is 8.78 Å². The van der Waals surface area contributed by atoms with Crippen molar-refractivity contribution in [2.45, 2.75) is 6.43 Å². The van der Waals surface area contributed by atoms with Crippen molar-refractivity contribution in [1.29, 1.82) is 5.26 Å². The molecule has 1 aromatic carbocycles. The number of benzene rings is 1. The third-order valence-electron chi connectivity index (χ3n) is 2.01. The van der Waals surface area contributed by atoms with Gasteiger partial charge in [0.1, 0.15) is 11.8 Å². The van der Waals surface area contributed by atoms with Crippen molar-refractivity contribution >= 4 is 0 Å². The monoisotopic (exact) mass is 220 g/mol. The first kappa shape index (κ1) is 10.2. The molecule has 0 aliphatic rings. The fourth-order valence-corrected chi connectivity index (χ4v) is 1.26. The van der Waals surface area contributed by atoms with E-state index in [0.717, 1.165) is 6.20 Å². The number of rotatable bonds is 2. The van der Waals surface area contributed by atoms with E-state index in [1.807, 2.05) is 6.07 Å². The van der Waals surface area contributed by atoms with E-state index in [9.17, 15) is 8.78 Å². The van der Waals surface area contributed by atoms with Crippen molar-refractivity contribution in [2.75, 3.05) is 0 Å². The van der Waals surface area contributed by atoms with E-state index in [1.165, 1.54) is 4.68 Å². The third-order valence-corrected chi connectivity index (χ3v) is 2.01. The van der Waals surface area contributed by atoms with Crippen molar-refractivity contribution in [3.05, 3.63) is 41.7 Å². The van der Waals surface area contributed by atoms with Gasteiger partial charge < -0.3 is 0 Å². The second-order valence-corrected chi connectivity index (χ2v) is 3.02. The molecule has 0 aliphatic heterocycles. The van der Waals surface area contributed by atoms with Crippen molar-refractivity contribution in [1.82, 2.24) is 15.0 Å². The first-order chi connectivity index (χ1) is 7.72. The summed E-state index contributed by atoms with van der Waals surface area (Å²) in [7, 11) is 0. The Labute approximate surface area is 89.7 Å². The summed E-state index contributed by atoms with van der Waals surface area (Å²) < 4.78 is 25.8. The number of para-hydroxylation sites is 1. The second kappa shape index (κ2) is 4.06. The molecular weight excluding hydrogens is 214 g/mol. The Bertz CT molecular complexity index is 542. The maximum Gasteiger partial charge on any atom is 0.283 e. The zero-order valence-corrected chi connectivity index (χ0v) is 8.01. The molecule has 80 valence electrons. The molecule has 0 saturated heterocycles. The SMILES string of the molecule is N#Cc1ccccc1-n1cc(C(F)F)nn1. The molecule has 0 atom stereocenters. The van der Waals surface area contributed by atoms with Gasteiger partial charge in [-0.15, -0.1) is 5.10 Å². The highest BCUT2D eigenvalue weighted by Crippen LogP contribution is 2.18. The van der Waals surface area contributed by atoms with Gasteiger partial charge >= 0.3 is 0 Å². The van der Waals surface area contributed by atoms with E-state index in [0.29, 0.717) is 11.3 Å². The molecule has 16 heavy (non-hydrogen) atoms. The molecule has 0 unspecified atom stereocenters. The van der Waals surface area contributed by atoms with Crippen molar-refractivity contribution in [2.24, 2.45) is 0 Å². The number of halogens is 2. The molecule has 0 saturated carbocycles. The summed E-state index contributed by atoms with van der Waals surface area (Å²) in [6, 6.07) is 8.53. The first-order valence-corrected chi connectivity index (χ1v) is 4.42. The highest BCUT2D eigenvalue weighted by Gasteiger charge is 2.13. The minimum absolute atomic E-state index is 0.355. The molecular formula is C10H6F2N4. The fourth-order valence-electron chi connectivity index (χ4n) is 1.26. The van der Waals surface area contributed by atoms with Crippen LogP contribution in [0.3, 0.4) is 0 Å². The molecule has 0 fully saturated rings. The lowest BCUT2D eigenvalue weighted by molar-refractivity contribution is 0.146. The van der Waals surface area contributed by atoms with E-state index in [-0.39, 0.29) is 0 Å². The summed E-state index contributed by atoms with van der Waals surface area (Å²) in [4.78, 5) is 0. The van der Waals surface area contributed by atoms with Crippen LogP contribution in [0.4, 0.5) is 8.78 Å². The maximum absolute atomic E-state index is 12.3. The van der Waals surface area contributed by atoms with E-state index < -0.39 is 12.1 Å². The van der Waals surface area contributed by atoms with E-state index >= 15 is 0 Å². The Kier molecular flexibility index (Phi) is 2.60. The molecule has 4 nitrogen and oxygen atoms in total. The van der Waals surface area contributed by atoms with Gasteiger partial charge in [-0.2, -0.15) is 5.26 Å². The predicted octanol–water partition coefficient (Wildman–Crippen LogP) is 2.08. The van der Waals surface area contributed by atoms with Crippen LogP contribution >= 0.6 is 0 Å². The van der Waals surface area contributed by atoms with Crippen LogP contribution in [0.15, 0.2) is 30.5 Å². The molecule has 1 heterocycles. The van der Waals surface area contributed by atoms with Gasteiger partial charge in [0.25, 0.3) is 6.43 Å². The lowest BCUT2D eigenvalue weighted by Crippen LogP contribution is -1.97. The summed E-state index contributed by atoms with van der Waals surface area (Å²) in [6.45, 7) is 0. The minimum Gasteiger partial charge on any atom is -0.219 e. The van der Waals surface area contributed by atoms with E-state index in [1.54, 1.807) is 24.3 Å². The summed E-state index contributed by atoms with van der Waals surface area (Å²) >= 11 is 0. The average Bonchev–Trinajstić information content (AvgIpc) is 2.78. The first-order valence-electron chi connectivity index (χ1n) is 4.42. The van der Waals surface area contributed by atoms with Crippen LogP contribution in [0.2, 0.25) is 0 Å². The summed E-state index contributed by atoms with van der Waals surface area (Å²) in [5, 5.41) is 15.7. The molecule has 0 radical (unpaired) electrons. The second-order valence-electron chi connectivity index (χ2n) is 3.02. The Hall–Kier alpha value is -2.29. The Morgan fingerprint density at radius 1 is 1.31 bits per heavy atom. The largest absolute Gasteiger partial charge is 0.283 e. The van der Waals surface area contributed by atoms with Gasteiger partial charge in [-0.05, 0) is 12.1 Å². The molecule has 0 N–H and O–H groups in total. The van der Waals surface area contributed by atoms with Gasteiger partial charge in [0.05, 0.1) is 17.4 Å². The average molecular weight is 220 g/mol. The van der Waals surface area contributed by atoms with Crippen LogP contribution in [0.1, 0.15) is 17.7 Å². The zero-order valence-electron chi connectivity index (χ0n) is 8.01. The van der Waals surface area contributed by atoms with Gasteiger partial charge in [0, 0.05) is 0 Å². The molecule has 0 amide bonds. The van der Waals surface area contributed by atoms with Crippen LogP contribution in [0, 0.1) is 11.3 Å². The highest BCUT2D eigenvalue weighted by atomic mass is 19.3. The van der Waals surface area contributed by atoms with Gasteiger partial charge in [-0.25, -0.2) is 13.5 Å². The summed E-state index contributed by atoms with van der Waals surface area (Å²) in [6.07, 6.45) is -1.55. The van der Waals surface area contributed by atoms with Crippen LogP contribution < -0.4 is 0 Å². The third kappa shape index (κ3) is 1.75. The molecule has 1 aromatic heterocycles. The standard InChI is InChI=1S/C10H6F2N4/c11-10(12)8-6-16(15-14-8)9-4-2-1-3-7(9)5-13/h1-4,6,10H. The maximum atomic E-state index is 12.3. The van der Waals surface area contributed by atoms with Crippen LogP contribution in [-0.2, 0) is 0 Å². The summed E-state index contributed by atoms with van der Waals surface area (Å²) in [5.74, 6) is 0. The Morgan fingerprint density at radius 2 is 2.06 bits per heavy atom. The Balaban J connectivity index is 2.47. The zero-order chi connectivity index (χ0) is 11.5. The number of aromatic nitrogens is 3. The summed E-state index contributed by atoms with van der Waals surface area (Å²) in [5.41, 5.74) is 0.380. The smallest absolute Gasteiger partial charge is 0.219 e. The molecule has 2 aromatic rings. The van der Waals surface area contributed by atoms with Gasteiger partial charge in [0.15, 0.2) is 0 Å². The molecule has 6 heteroatoms. The highest BCUT2D eigenvalue weighted by molar-refractivity contribution is 5.47. The van der Waals surface area contributed by atoms with Crippen molar-refractivity contribution in [3.63, 3.8) is 0 Å². The normalized spacial score (nSPS) is 10.4. The topological polar surface area (TPSA) is 54.5 Å². The van der Waals surface area contributed by atoms with E-state index in [4.69, 9.17) is 5.26 Å². The molecule has 0 aliphatic carbocycles. The van der Waals surface area contributed by atoms with Gasteiger partial charge in [0.2, 0.25) is 0 Å². The lowest BCUT2D eigenvalue weighted by atomic mass is 10.2. The van der Waals surface area contributed by atoms with Gasteiger partial charge in [-0.1, -0.05) is 17.3 Å². The molecule has 2 rings (SSSR count). The van der Waals surface area contributed by atoms with Crippen molar-refractivity contribution in [3.8, 4) is 11.8 Å². The lowest BCUT2D eigenvalue weighted by Gasteiger charge is -2.00. The van der Waals surface area contributed by atoms with Crippen LogP contribution in [0.25, 0.3) is 5.69 Å². The van der Waals surface area contributed by atoms with Crippen LogP contribution in [0.5, 0.6) is 0 Å². The Morgan fingerprint density at radius 3 is 2.69 bits per heavy atom.